The first-order valence-corrected chi connectivity index (χ1v) is 7.97. The van der Waals surface area contributed by atoms with Gasteiger partial charge in [-0.25, -0.2) is 9.97 Å². The number of aromatic nitrogens is 2. The Kier molecular flexibility index (Phi) is 5.21. The van der Waals surface area contributed by atoms with Crippen LogP contribution in [0.25, 0.3) is 0 Å². The molecule has 1 unspecified atom stereocenters. The van der Waals surface area contributed by atoms with Crippen LogP contribution in [0.4, 0.5) is 11.6 Å². The third-order valence-corrected chi connectivity index (χ3v) is 4.47. The molecule has 0 aliphatic carbocycles. The molecule has 0 aromatic carbocycles. The van der Waals surface area contributed by atoms with Crippen molar-refractivity contribution in [2.75, 3.05) is 23.7 Å². The average molecular weight is 276 g/mol. The van der Waals surface area contributed by atoms with Gasteiger partial charge in [-0.15, -0.1) is 0 Å². The van der Waals surface area contributed by atoms with E-state index in [0.29, 0.717) is 5.82 Å². The molecule has 0 spiro atoms. The SMILES string of the molecule is CCCc1c(N)ncnc1N1CCCC(C(C)C)CC1. The van der Waals surface area contributed by atoms with Gasteiger partial charge in [0.15, 0.2) is 0 Å². The van der Waals surface area contributed by atoms with E-state index < -0.39 is 0 Å². The lowest BCUT2D eigenvalue weighted by Gasteiger charge is -2.25. The quantitative estimate of drug-likeness (QED) is 0.917. The summed E-state index contributed by atoms with van der Waals surface area (Å²) in [6.45, 7) is 9.04. The highest BCUT2D eigenvalue weighted by molar-refractivity contribution is 5.56. The molecule has 1 aromatic heterocycles. The molecule has 4 heteroatoms. The van der Waals surface area contributed by atoms with Crippen molar-refractivity contribution in [1.82, 2.24) is 9.97 Å². The van der Waals surface area contributed by atoms with Gasteiger partial charge >= 0.3 is 0 Å². The van der Waals surface area contributed by atoms with Crippen LogP contribution < -0.4 is 10.6 Å². The molecular weight excluding hydrogens is 248 g/mol. The number of nitrogens with two attached hydrogens (primary N) is 1. The highest BCUT2D eigenvalue weighted by Gasteiger charge is 2.22. The lowest BCUT2D eigenvalue weighted by Crippen LogP contribution is -2.27. The molecule has 1 fully saturated rings. The zero-order chi connectivity index (χ0) is 14.5. The van der Waals surface area contributed by atoms with Crippen LogP contribution in [0.15, 0.2) is 6.33 Å². The highest BCUT2D eigenvalue weighted by atomic mass is 15.2. The normalized spacial score (nSPS) is 20.2. The molecule has 0 bridgehead atoms. The van der Waals surface area contributed by atoms with Crippen molar-refractivity contribution in [3.8, 4) is 0 Å². The molecule has 1 atom stereocenters. The summed E-state index contributed by atoms with van der Waals surface area (Å²) in [7, 11) is 0. The first-order chi connectivity index (χ1) is 9.63. The summed E-state index contributed by atoms with van der Waals surface area (Å²) in [6.07, 6.45) is 7.48. The molecule has 2 rings (SSSR count). The Bertz CT molecular complexity index is 430. The van der Waals surface area contributed by atoms with Crippen LogP contribution in [0.3, 0.4) is 0 Å². The maximum atomic E-state index is 6.05. The first-order valence-electron chi connectivity index (χ1n) is 7.97. The van der Waals surface area contributed by atoms with Crippen molar-refractivity contribution >= 4 is 11.6 Å². The fraction of sp³-hybridized carbons (Fsp3) is 0.750. The van der Waals surface area contributed by atoms with E-state index in [0.717, 1.165) is 49.1 Å². The van der Waals surface area contributed by atoms with Crippen molar-refractivity contribution in [1.29, 1.82) is 0 Å². The smallest absolute Gasteiger partial charge is 0.137 e. The van der Waals surface area contributed by atoms with Crippen LogP contribution >= 0.6 is 0 Å². The van der Waals surface area contributed by atoms with Crippen molar-refractivity contribution in [2.24, 2.45) is 11.8 Å². The van der Waals surface area contributed by atoms with Crippen molar-refractivity contribution in [2.45, 2.75) is 52.9 Å². The number of rotatable bonds is 4. The summed E-state index contributed by atoms with van der Waals surface area (Å²) in [4.78, 5) is 11.1. The molecule has 112 valence electrons. The molecule has 2 heterocycles. The van der Waals surface area contributed by atoms with E-state index in [1.807, 2.05) is 0 Å². The minimum Gasteiger partial charge on any atom is -0.383 e. The van der Waals surface area contributed by atoms with E-state index in [9.17, 15) is 0 Å². The molecule has 0 amide bonds. The number of nitrogen functional groups attached to an aromatic ring is 1. The summed E-state index contributed by atoms with van der Waals surface area (Å²) in [5, 5.41) is 0. The summed E-state index contributed by atoms with van der Waals surface area (Å²) >= 11 is 0. The first kappa shape index (κ1) is 15.1. The van der Waals surface area contributed by atoms with Crippen molar-refractivity contribution in [3.63, 3.8) is 0 Å². The van der Waals surface area contributed by atoms with Gasteiger partial charge in [-0.3, -0.25) is 0 Å². The number of nitrogens with zero attached hydrogens (tertiary/aromatic N) is 3. The topological polar surface area (TPSA) is 55.0 Å². The Labute approximate surface area is 122 Å². The largest absolute Gasteiger partial charge is 0.383 e. The van der Waals surface area contributed by atoms with Gasteiger partial charge in [0.1, 0.15) is 18.0 Å². The van der Waals surface area contributed by atoms with Gasteiger partial charge < -0.3 is 10.6 Å². The van der Waals surface area contributed by atoms with Crippen molar-refractivity contribution in [3.05, 3.63) is 11.9 Å². The predicted molar refractivity (Wildman–Crippen MR) is 84.8 cm³/mol. The lowest BCUT2D eigenvalue weighted by atomic mass is 9.89. The van der Waals surface area contributed by atoms with Gasteiger partial charge in [-0.05, 0) is 37.5 Å². The molecule has 1 aromatic rings. The second kappa shape index (κ2) is 6.91. The highest BCUT2D eigenvalue weighted by Crippen LogP contribution is 2.29. The van der Waals surface area contributed by atoms with Gasteiger partial charge in [0.25, 0.3) is 0 Å². The van der Waals surface area contributed by atoms with E-state index >= 15 is 0 Å². The standard InChI is InChI=1S/C16H28N4/c1-4-6-14-15(17)18-11-19-16(14)20-9-5-7-13(8-10-20)12(2)3/h11-13H,4-10H2,1-3H3,(H2,17,18,19). The molecule has 1 saturated heterocycles. The third kappa shape index (κ3) is 3.41. The van der Waals surface area contributed by atoms with E-state index in [1.54, 1.807) is 6.33 Å². The fourth-order valence-corrected chi connectivity index (χ4v) is 3.18. The number of anilines is 2. The Morgan fingerprint density at radius 1 is 1.30 bits per heavy atom. The van der Waals surface area contributed by atoms with Gasteiger partial charge in [0.2, 0.25) is 0 Å². The minimum atomic E-state index is 0.654. The molecule has 0 radical (unpaired) electrons. The van der Waals surface area contributed by atoms with E-state index in [2.05, 4.69) is 35.6 Å². The second-order valence-corrected chi connectivity index (χ2v) is 6.23. The molecule has 0 saturated carbocycles. The molecule has 2 N–H and O–H groups in total. The number of hydrogen-bond donors (Lipinski definition) is 1. The van der Waals surface area contributed by atoms with E-state index in [1.165, 1.54) is 19.3 Å². The summed E-state index contributed by atoms with van der Waals surface area (Å²) < 4.78 is 0. The summed E-state index contributed by atoms with van der Waals surface area (Å²) in [5.41, 5.74) is 7.19. The zero-order valence-corrected chi connectivity index (χ0v) is 13.1. The van der Waals surface area contributed by atoms with Crippen LogP contribution in [0.1, 0.15) is 52.0 Å². The molecule has 20 heavy (non-hydrogen) atoms. The Hall–Kier alpha value is -1.32. The third-order valence-electron chi connectivity index (χ3n) is 4.47. The summed E-state index contributed by atoms with van der Waals surface area (Å²) in [5.74, 6) is 3.35. The maximum Gasteiger partial charge on any atom is 0.137 e. The van der Waals surface area contributed by atoms with E-state index in [4.69, 9.17) is 5.73 Å². The maximum absolute atomic E-state index is 6.05. The second-order valence-electron chi connectivity index (χ2n) is 6.23. The Morgan fingerprint density at radius 3 is 2.80 bits per heavy atom. The molecule has 1 aliphatic rings. The zero-order valence-electron chi connectivity index (χ0n) is 13.1. The van der Waals surface area contributed by atoms with Crippen molar-refractivity contribution < 1.29 is 0 Å². The Morgan fingerprint density at radius 2 is 2.10 bits per heavy atom. The van der Waals surface area contributed by atoms with Crippen LogP contribution in [0.5, 0.6) is 0 Å². The molecule has 4 nitrogen and oxygen atoms in total. The lowest BCUT2D eigenvalue weighted by molar-refractivity contribution is 0.351. The average Bonchev–Trinajstić information content (AvgIpc) is 2.67. The minimum absolute atomic E-state index is 0.654. The van der Waals surface area contributed by atoms with Gasteiger partial charge in [0.05, 0.1) is 0 Å². The van der Waals surface area contributed by atoms with Gasteiger partial charge in [0, 0.05) is 18.7 Å². The Balaban J connectivity index is 2.17. The number of hydrogen-bond acceptors (Lipinski definition) is 4. The van der Waals surface area contributed by atoms with Crippen LogP contribution in [-0.4, -0.2) is 23.1 Å². The fourth-order valence-electron chi connectivity index (χ4n) is 3.18. The van der Waals surface area contributed by atoms with Crippen LogP contribution in [0, 0.1) is 11.8 Å². The molecular formula is C16H28N4. The van der Waals surface area contributed by atoms with Gasteiger partial charge in [-0.1, -0.05) is 27.2 Å². The van der Waals surface area contributed by atoms with E-state index in [-0.39, 0.29) is 0 Å². The van der Waals surface area contributed by atoms with Crippen LogP contribution in [0.2, 0.25) is 0 Å². The predicted octanol–water partition coefficient (Wildman–Crippen LogP) is 3.27. The summed E-state index contributed by atoms with van der Waals surface area (Å²) in [6, 6.07) is 0. The molecule has 1 aliphatic heterocycles. The van der Waals surface area contributed by atoms with Gasteiger partial charge in [-0.2, -0.15) is 0 Å². The monoisotopic (exact) mass is 276 g/mol. The van der Waals surface area contributed by atoms with Crippen LogP contribution in [-0.2, 0) is 6.42 Å².